The highest BCUT2D eigenvalue weighted by atomic mass is 16.7. The minimum Gasteiger partial charge on any atom is -0.481 e. The van der Waals surface area contributed by atoms with E-state index in [-0.39, 0.29) is 30.8 Å². The first kappa shape index (κ1) is 22.0. The number of likely N-dealkylation sites (N-methyl/N-ethyl adjacent to an activating group) is 1. The molecule has 0 unspecified atom stereocenters. The number of carbonyl (C=O) groups excluding carboxylic acids is 2. The normalized spacial score (nSPS) is 31.1. The summed E-state index contributed by atoms with van der Waals surface area (Å²) in [5.41, 5.74) is 2.15. The Balaban J connectivity index is 1.50. The fraction of sp³-hybridized carbons (Fsp3) is 0.520. The van der Waals surface area contributed by atoms with Crippen LogP contribution in [0.5, 0.6) is 11.5 Å². The van der Waals surface area contributed by atoms with Crippen molar-refractivity contribution in [1.82, 2.24) is 4.90 Å². The van der Waals surface area contributed by atoms with Crippen molar-refractivity contribution in [3.8, 4) is 11.5 Å². The van der Waals surface area contributed by atoms with Gasteiger partial charge in [-0.15, -0.1) is 0 Å². The van der Waals surface area contributed by atoms with Crippen LogP contribution in [0, 0.1) is 5.92 Å². The molecule has 1 aromatic carbocycles. The summed E-state index contributed by atoms with van der Waals surface area (Å²) in [6, 6.07) is 4.42. The topological polar surface area (TPSA) is 83.5 Å². The van der Waals surface area contributed by atoms with E-state index < -0.39 is 18.0 Å². The number of piperidine rings is 1. The Morgan fingerprint density at radius 2 is 2.06 bits per heavy atom. The predicted molar refractivity (Wildman–Crippen MR) is 118 cm³/mol. The predicted octanol–water partition coefficient (Wildman–Crippen LogP) is 2.15. The minimum absolute atomic E-state index is 0.122. The number of likely N-dealkylation sites (tertiary alicyclic amines) is 1. The SMILES string of the molecule is CCOC(=O)C=CC(=O)O[C@H]1C=C[C@H]2[C@H]3Cc4ccc(OCOC)c5c4[C@@]2(CCN3C)[C@H]1O5. The van der Waals surface area contributed by atoms with Crippen LogP contribution in [0.4, 0.5) is 0 Å². The Labute approximate surface area is 193 Å². The number of rotatable bonds is 7. The molecular formula is C25H29NO7. The summed E-state index contributed by atoms with van der Waals surface area (Å²) in [6.07, 6.45) is 7.18. The molecule has 2 heterocycles. The standard InChI is InChI=1S/C25H29NO7/c1-4-30-20(27)9-10-21(28)32-19-8-6-16-17-13-15-5-7-18(31-14-29-3)23-22(15)25(16,24(19)33-23)11-12-26(17)2/h5-10,16-17,19,24H,4,11-14H2,1-3H3/t16-,17+,19-,24-,25-/m0/s1. The van der Waals surface area contributed by atoms with E-state index >= 15 is 0 Å². The summed E-state index contributed by atoms with van der Waals surface area (Å²) >= 11 is 0. The van der Waals surface area contributed by atoms with Crippen molar-refractivity contribution in [3.05, 3.63) is 47.6 Å². The molecule has 0 radical (unpaired) electrons. The van der Waals surface area contributed by atoms with Crippen LogP contribution in [0.1, 0.15) is 24.5 Å². The van der Waals surface area contributed by atoms with Gasteiger partial charge in [0.2, 0.25) is 0 Å². The van der Waals surface area contributed by atoms with E-state index in [0.717, 1.165) is 37.3 Å². The van der Waals surface area contributed by atoms with E-state index in [1.807, 2.05) is 12.1 Å². The van der Waals surface area contributed by atoms with E-state index in [1.54, 1.807) is 14.0 Å². The highest BCUT2D eigenvalue weighted by molar-refractivity contribution is 5.91. The fourth-order valence-corrected chi connectivity index (χ4v) is 6.05. The first-order valence-electron chi connectivity index (χ1n) is 11.4. The number of hydrogen-bond acceptors (Lipinski definition) is 8. The molecule has 5 atom stereocenters. The van der Waals surface area contributed by atoms with E-state index in [9.17, 15) is 9.59 Å². The molecule has 0 saturated carbocycles. The van der Waals surface area contributed by atoms with Crippen molar-refractivity contribution in [3.63, 3.8) is 0 Å². The first-order valence-corrected chi connectivity index (χ1v) is 11.4. The molecule has 2 bridgehead atoms. The molecule has 1 fully saturated rings. The molecule has 0 aromatic heterocycles. The van der Waals surface area contributed by atoms with E-state index in [2.05, 4.69) is 24.1 Å². The van der Waals surface area contributed by atoms with Gasteiger partial charge in [0.05, 0.1) is 6.61 Å². The van der Waals surface area contributed by atoms with Gasteiger partial charge in [0.15, 0.2) is 24.4 Å². The van der Waals surface area contributed by atoms with Crippen LogP contribution in [0.3, 0.4) is 0 Å². The molecule has 1 aromatic rings. The van der Waals surface area contributed by atoms with Crippen LogP contribution in [-0.2, 0) is 35.6 Å². The molecule has 2 aliphatic heterocycles. The molecule has 1 spiro atoms. The zero-order valence-electron chi connectivity index (χ0n) is 19.1. The Bertz CT molecular complexity index is 1020. The zero-order chi connectivity index (χ0) is 23.2. The molecule has 4 aliphatic rings. The average molecular weight is 456 g/mol. The van der Waals surface area contributed by atoms with Crippen LogP contribution >= 0.6 is 0 Å². The third-order valence-electron chi connectivity index (χ3n) is 7.34. The first-order chi connectivity index (χ1) is 16.0. The Kier molecular flexibility index (Phi) is 5.66. The third kappa shape index (κ3) is 3.43. The second kappa shape index (κ2) is 8.50. The molecule has 2 aliphatic carbocycles. The van der Waals surface area contributed by atoms with Crippen molar-refractivity contribution in [2.24, 2.45) is 5.92 Å². The number of nitrogens with zero attached hydrogens (tertiary/aromatic N) is 1. The second-order valence-corrected chi connectivity index (χ2v) is 8.96. The quantitative estimate of drug-likeness (QED) is 0.268. The number of ether oxygens (including phenoxy) is 5. The maximum Gasteiger partial charge on any atom is 0.331 e. The molecular weight excluding hydrogens is 426 g/mol. The summed E-state index contributed by atoms with van der Waals surface area (Å²) in [7, 11) is 3.75. The van der Waals surface area contributed by atoms with Crippen LogP contribution in [-0.4, -0.2) is 69.2 Å². The van der Waals surface area contributed by atoms with Gasteiger partial charge in [0, 0.05) is 42.2 Å². The van der Waals surface area contributed by atoms with Crippen LogP contribution in [0.2, 0.25) is 0 Å². The second-order valence-electron chi connectivity index (χ2n) is 8.96. The lowest BCUT2D eigenvalue weighted by molar-refractivity contribution is -0.149. The van der Waals surface area contributed by atoms with Crippen LogP contribution in [0.25, 0.3) is 0 Å². The van der Waals surface area contributed by atoms with Gasteiger partial charge in [-0.1, -0.05) is 12.1 Å². The fourth-order valence-electron chi connectivity index (χ4n) is 6.05. The Morgan fingerprint density at radius 1 is 1.24 bits per heavy atom. The van der Waals surface area contributed by atoms with Crippen molar-refractivity contribution >= 4 is 11.9 Å². The minimum atomic E-state index is -0.608. The summed E-state index contributed by atoms with van der Waals surface area (Å²) in [6.45, 7) is 3.00. The summed E-state index contributed by atoms with van der Waals surface area (Å²) in [5, 5.41) is 0. The maximum absolute atomic E-state index is 12.5. The number of benzene rings is 1. The van der Waals surface area contributed by atoms with Crippen LogP contribution in [0.15, 0.2) is 36.4 Å². The van der Waals surface area contributed by atoms with Gasteiger partial charge in [0.1, 0.15) is 6.10 Å². The molecule has 1 saturated heterocycles. The number of hydrogen-bond donors (Lipinski definition) is 0. The Morgan fingerprint density at radius 3 is 2.85 bits per heavy atom. The average Bonchev–Trinajstić information content (AvgIpc) is 3.16. The van der Waals surface area contributed by atoms with Gasteiger partial charge in [0.25, 0.3) is 0 Å². The lowest BCUT2D eigenvalue weighted by atomic mass is 9.53. The van der Waals surface area contributed by atoms with Crippen molar-refractivity contribution in [2.45, 2.75) is 43.4 Å². The van der Waals surface area contributed by atoms with Gasteiger partial charge in [-0.25, -0.2) is 9.59 Å². The number of carbonyl (C=O) groups is 2. The summed E-state index contributed by atoms with van der Waals surface area (Å²) < 4.78 is 28.1. The molecule has 0 amide bonds. The summed E-state index contributed by atoms with van der Waals surface area (Å²) in [5.74, 6) is 0.435. The highest BCUT2D eigenvalue weighted by Crippen LogP contribution is 2.62. The van der Waals surface area contributed by atoms with E-state index in [4.69, 9.17) is 23.7 Å². The number of methoxy groups -OCH3 is 1. The van der Waals surface area contributed by atoms with E-state index in [0.29, 0.717) is 11.8 Å². The Hall–Kier alpha value is -2.84. The lowest BCUT2D eigenvalue weighted by Crippen LogP contribution is -2.65. The van der Waals surface area contributed by atoms with Gasteiger partial charge in [-0.05, 0) is 51.1 Å². The third-order valence-corrected chi connectivity index (χ3v) is 7.34. The monoisotopic (exact) mass is 455 g/mol. The van der Waals surface area contributed by atoms with Gasteiger partial charge < -0.3 is 28.6 Å². The molecule has 33 heavy (non-hydrogen) atoms. The number of esters is 2. The van der Waals surface area contributed by atoms with Gasteiger partial charge >= 0.3 is 11.9 Å². The largest absolute Gasteiger partial charge is 0.481 e. The van der Waals surface area contributed by atoms with Crippen molar-refractivity contribution in [2.75, 3.05) is 34.1 Å². The molecule has 8 heteroatoms. The molecule has 176 valence electrons. The van der Waals surface area contributed by atoms with Crippen LogP contribution < -0.4 is 9.47 Å². The highest BCUT2D eigenvalue weighted by Gasteiger charge is 2.65. The maximum atomic E-state index is 12.5. The molecule has 5 rings (SSSR count). The van der Waals surface area contributed by atoms with Gasteiger partial charge in [-0.3, -0.25) is 0 Å². The summed E-state index contributed by atoms with van der Waals surface area (Å²) in [4.78, 5) is 26.5. The molecule has 0 N–H and O–H groups in total. The smallest absolute Gasteiger partial charge is 0.331 e. The zero-order valence-corrected chi connectivity index (χ0v) is 19.1. The molecule has 8 nitrogen and oxygen atoms in total. The lowest BCUT2D eigenvalue weighted by Gasteiger charge is -2.56. The van der Waals surface area contributed by atoms with Crippen molar-refractivity contribution < 1.29 is 33.3 Å². The van der Waals surface area contributed by atoms with E-state index in [1.165, 1.54) is 11.1 Å². The van der Waals surface area contributed by atoms with Crippen molar-refractivity contribution in [1.29, 1.82) is 0 Å². The van der Waals surface area contributed by atoms with Gasteiger partial charge in [-0.2, -0.15) is 0 Å².